The van der Waals surface area contributed by atoms with E-state index in [4.69, 9.17) is 4.74 Å². The summed E-state index contributed by atoms with van der Waals surface area (Å²) < 4.78 is 6.02. The Morgan fingerprint density at radius 1 is 1.20 bits per heavy atom. The molecule has 0 amide bonds. The minimum absolute atomic E-state index is 0.326. The van der Waals surface area contributed by atoms with Gasteiger partial charge in [-0.05, 0) is 61.7 Å². The Morgan fingerprint density at radius 3 is 2.80 bits per heavy atom. The summed E-state index contributed by atoms with van der Waals surface area (Å²) in [5.41, 5.74) is 2.45. The van der Waals surface area contributed by atoms with Crippen LogP contribution in [-0.2, 0) is 4.74 Å². The molecule has 0 spiro atoms. The van der Waals surface area contributed by atoms with Crippen LogP contribution in [0.25, 0.3) is 5.57 Å². The lowest BCUT2D eigenvalue weighted by Crippen LogP contribution is -2.21. The van der Waals surface area contributed by atoms with Gasteiger partial charge in [-0.3, -0.25) is 0 Å². The molecule has 0 saturated carbocycles. The zero-order valence-electron chi connectivity index (χ0n) is 12.7. The molecule has 2 heteroatoms. The Hall–Kier alpha value is -0.890. The van der Waals surface area contributed by atoms with Gasteiger partial charge < -0.3 is 4.74 Å². The molecule has 1 aromatic rings. The van der Waals surface area contributed by atoms with Crippen LogP contribution >= 0.6 is 11.8 Å². The van der Waals surface area contributed by atoms with Gasteiger partial charge in [0.05, 0.1) is 12.4 Å². The molecular formula is C18H26OS. The van der Waals surface area contributed by atoms with Gasteiger partial charge in [0.25, 0.3) is 0 Å². The minimum atomic E-state index is 0.326. The van der Waals surface area contributed by atoms with Gasteiger partial charge in [0.15, 0.2) is 0 Å². The molecular weight excluding hydrogens is 264 g/mol. The smallest absolute Gasteiger partial charge is 0.0978 e. The first-order chi connectivity index (χ1) is 9.77. The van der Waals surface area contributed by atoms with Crippen LogP contribution < -0.4 is 0 Å². The van der Waals surface area contributed by atoms with Crippen molar-refractivity contribution >= 4 is 17.3 Å². The van der Waals surface area contributed by atoms with Crippen molar-refractivity contribution in [2.75, 3.05) is 11.5 Å². The number of allylic oxidation sites excluding steroid dienone is 1. The molecule has 1 fully saturated rings. The highest BCUT2D eigenvalue weighted by Crippen LogP contribution is 2.26. The van der Waals surface area contributed by atoms with Gasteiger partial charge in [0, 0.05) is 0 Å². The molecule has 0 N–H and O–H groups in total. The molecule has 20 heavy (non-hydrogen) atoms. The molecule has 110 valence electrons. The Kier molecular flexibility index (Phi) is 6.52. The normalized spacial score (nSPS) is 22.7. The first kappa shape index (κ1) is 15.5. The van der Waals surface area contributed by atoms with Crippen molar-refractivity contribution in [1.29, 1.82) is 0 Å². The predicted molar refractivity (Wildman–Crippen MR) is 89.9 cm³/mol. The largest absolute Gasteiger partial charge is 0.498 e. The first-order valence-corrected chi connectivity index (χ1v) is 8.88. The SMILES string of the molecule is C/C(=C/OC(C)C1CCCCSCC1)c1ccccc1. The van der Waals surface area contributed by atoms with Crippen LogP contribution in [-0.4, -0.2) is 17.6 Å². The van der Waals surface area contributed by atoms with Crippen LogP contribution in [0.4, 0.5) is 0 Å². The van der Waals surface area contributed by atoms with Gasteiger partial charge in [-0.2, -0.15) is 11.8 Å². The molecule has 1 aromatic carbocycles. The van der Waals surface area contributed by atoms with Crippen LogP contribution in [0.2, 0.25) is 0 Å². The van der Waals surface area contributed by atoms with Gasteiger partial charge >= 0.3 is 0 Å². The number of hydrogen-bond donors (Lipinski definition) is 0. The van der Waals surface area contributed by atoms with Gasteiger partial charge in [-0.15, -0.1) is 0 Å². The maximum atomic E-state index is 6.02. The molecule has 0 bridgehead atoms. The highest BCUT2D eigenvalue weighted by molar-refractivity contribution is 7.99. The molecule has 1 saturated heterocycles. The Bertz CT molecular complexity index is 405. The lowest BCUT2D eigenvalue weighted by molar-refractivity contribution is 0.0948. The highest BCUT2D eigenvalue weighted by Gasteiger charge is 2.18. The monoisotopic (exact) mass is 290 g/mol. The van der Waals surface area contributed by atoms with E-state index in [2.05, 4.69) is 49.9 Å². The molecule has 1 nitrogen and oxygen atoms in total. The van der Waals surface area contributed by atoms with E-state index in [1.54, 1.807) is 0 Å². The van der Waals surface area contributed by atoms with E-state index >= 15 is 0 Å². The highest BCUT2D eigenvalue weighted by atomic mass is 32.2. The van der Waals surface area contributed by atoms with E-state index in [9.17, 15) is 0 Å². The summed E-state index contributed by atoms with van der Waals surface area (Å²) in [6.07, 6.45) is 7.61. The van der Waals surface area contributed by atoms with Crippen LogP contribution in [0.5, 0.6) is 0 Å². The maximum absolute atomic E-state index is 6.02. The zero-order chi connectivity index (χ0) is 14.2. The number of rotatable bonds is 4. The molecule has 2 rings (SSSR count). The molecule has 1 aliphatic rings. The summed E-state index contributed by atoms with van der Waals surface area (Å²) in [4.78, 5) is 0. The Morgan fingerprint density at radius 2 is 2.00 bits per heavy atom. The topological polar surface area (TPSA) is 9.23 Å². The second kappa shape index (κ2) is 8.41. The third-order valence-electron chi connectivity index (χ3n) is 4.10. The number of ether oxygens (including phenoxy) is 1. The quantitative estimate of drug-likeness (QED) is 0.689. The second-order valence-corrected chi connectivity index (χ2v) is 6.89. The molecule has 0 radical (unpaired) electrons. The van der Waals surface area contributed by atoms with Crippen molar-refractivity contribution in [3.63, 3.8) is 0 Å². The summed E-state index contributed by atoms with van der Waals surface area (Å²) in [7, 11) is 0. The second-order valence-electron chi connectivity index (χ2n) is 5.66. The van der Waals surface area contributed by atoms with Gasteiger partial charge in [-0.25, -0.2) is 0 Å². The van der Waals surface area contributed by atoms with Crippen molar-refractivity contribution in [1.82, 2.24) is 0 Å². The molecule has 1 aliphatic heterocycles. The third kappa shape index (κ3) is 4.90. The molecule has 0 aliphatic carbocycles. The van der Waals surface area contributed by atoms with Crippen LogP contribution in [0, 0.1) is 5.92 Å². The molecule has 2 atom stereocenters. The van der Waals surface area contributed by atoms with E-state index in [1.807, 2.05) is 12.3 Å². The van der Waals surface area contributed by atoms with Crippen molar-refractivity contribution in [2.45, 2.75) is 45.6 Å². The zero-order valence-corrected chi connectivity index (χ0v) is 13.5. The lowest BCUT2D eigenvalue weighted by Gasteiger charge is -2.25. The third-order valence-corrected chi connectivity index (χ3v) is 5.20. The number of hydrogen-bond acceptors (Lipinski definition) is 2. The van der Waals surface area contributed by atoms with E-state index in [1.165, 1.54) is 48.3 Å². The summed E-state index contributed by atoms with van der Waals surface area (Å²) in [5.74, 6) is 3.34. The van der Waals surface area contributed by atoms with Gasteiger partial charge in [0.1, 0.15) is 0 Å². The van der Waals surface area contributed by atoms with E-state index < -0.39 is 0 Å². The summed E-state index contributed by atoms with van der Waals surface area (Å²) in [6.45, 7) is 4.35. The lowest BCUT2D eigenvalue weighted by atomic mass is 9.94. The average molecular weight is 290 g/mol. The van der Waals surface area contributed by atoms with Crippen molar-refractivity contribution in [2.24, 2.45) is 5.92 Å². The molecule has 2 unspecified atom stereocenters. The van der Waals surface area contributed by atoms with E-state index in [0.29, 0.717) is 12.0 Å². The van der Waals surface area contributed by atoms with Crippen LogP contribution in [0.1, 0.15) is 45.1 Å². The number of thioether (sulfide) groups is 1. The van der Waals surface area contributed by atoms with Gasteiger partial charge in [-0.1, -0.05) is 36.8 Å². The van der Waals surface area contributed by atoms with Crippen molar-refractivity contribution in [3.05, 3.63) is 42.2 Å². The van der Waals surface area contributed by atoms with Crippen molar-refractivity contribution in [3.8, 4) is 0 Å². The fourth-order valence-corrected chi connectivity index (χ4v) is 3.73. The maximum Gasteiger partial charge on any atom is 0.0978 e. The number of benzene rings is 1. The minimum Gasteiger partial charge on any atom is -0.498 e. The van der Waals surface area contributed by atoms with Crippen LogP contribution in [0.15, 0.2) is 36.6 Å². The molecule has 1 heterocycles. The van der Waals surface area contributed by atoms with E-state index in [-0.39, 0.29) is 0 Å². The summed E-state index contributed by atoms with van der Waals surface area (Å²) in [6, 6.07) is 10.5. The standard InChI is InChI=1S/C18H26OS/c1-15(17-8-4-3-5-9-17)14-19-16(2)18-10-6-7-12-20-13-11-18/h3-5,8-9,14,16,18H,6-7,10-13H2,1-2H3/b15-14-. The Balaban J connectivity index is 1.88. The van der Waals surface area contributed by atoms with E-state index in [0.717, 1.165) is 0 Å². The Labute approximate surface area is 127 Å². The first-order valence-electron chi connectivity index (χ1n) is 7.73. The predicted octanol–water partition coefficient (Wildman–Crippen LogP) is 5.38. The molecule has 0 aromatic heterocycles. The van der Waals surface area contributed by atoms with Gasteiger partial charge in [0.2, 0.25) is 0 Å². The summed E-state index contributed by atoms with van der Waals surface area (Å²) >= 11 is 2.10. The summed E-state index contributed by atoms with van der Waals surface area (Å²) in [5, 5.41) is 0. The fourth-order valence-electron chi connectivity index (χ4n) is 2.65. The average Bonchev–Trinajstić information content (AvgIpc) is 2.45. The van der Waals surface area contributed by atoms with Crippen LogP contribution in [0.3, 0.4) is 0 Å². The fraction of sp³-hybridized carbons (Fsp3) is 0.556. The van der Waals surface area contributed by atoms with Crippen molar-refractivity contribution < 1.29 is 4.74 Å².